The lowest BCUT2D eigenvalue weighted by atomic mass is 10.3. The smallest absolute Gasteiger partial charge is 0.312 e. The third-order valence-electron chi connectivity index (χ3n) is 2.24. The maximum atomic E-state index is 13.4. The first-order valence-corrected chi connectivity index (χ1v) is 6.91. The van der Waals surface area contributed by atoms with Gasteiger partial charge in [0.05, 0.1) is 9.40 Å². The van der Waals surface area contributed by atoms with Gasteiger partial charge in [-0.15, -0.1) is 0 Å². The van der Waals surface area contributed by atoms with Crippen LogP contribution in [0.1, 0.15) is 0 Å². The van der Waals surface area contributed by atoms with Gasteiger partial charge in [-0.05, 0) is 62.8 Å². The topological polar surface area (TPSA) is 52.4 Å². The summed E-state index contributed by atoms with van der Waals surface area (Å²) in [6, 6.07) is 8.96. The Balaban J connectivity index is 2.41. The van der Waals surface area contributed by atoms with Gasteiger partial charge in [-0.2, -0.15) is 0 Å². The van der Waals surface area contributed by atoms with Gasteiger partial charge in [0, 0.05) is 15.7 Å². The molecule has 0 bridgehead atoms. The average Bonchev–Trinajstić information content (AvgIpc) is 2.36. The van der Waals surface area contributed by atoms with Gasteiger partial charge >= 0.3 is 5.69 Å². The fourth-order valence-corrected chi connectivity index (χ4v) is 2.06. The summed E-state index contributed by atoms with van der Waals surface area (Å²) in [6.07, 6.45) is 0. The molecular formula is C12H6BrFINO3. The van der Waals surface area contributed by atoms with Crippen LogP contribution in [0.2, 0.25) is 0 Å². The van der Waals surface area contributed by atoms with E-state index in [0.29, 0.717) is 5.75 Å². The highest BCUT2D eigenvalue weighted by atomic mass is 127. The van der Waals surface area contributed by atoms with E-state index in [1.807, 2.05) is 0 Å². The first-order valence-electron chi connectivity index (χ1n) is 5.04. The number of ether oxygens (including phenoxy) is 1. The lowest BCUT2D eigenvalue weighted by molar-refractivity contribution is -0.385. The highest BCUT2D eigenvalue weighted by Crippen LogP contribution is 2.35. The van der Waals surface area contributed by atoms with Gasteiger partial charge in [-0.3, -0.25) is 10.1 Å². The van der Waals surface area contributed by atoms with E-state index < -0.39 is 10.7 Å². The highest BCUT2D eigenvalue weighted by molar-refractivity contribution is 14.1. The van der Waals surface area contributed by atoms with Crippen LogP contribution in [0.4, 0.5) is 10.1 Å². The lowest BCUT2D eigenvalue weighted by Gasteiger charge is -2.07. The Hall–Kier alpha value is -1.22. The van der Waals surface area contributed by atoms with Crippen molar-refractivity contribution in [3.63, 3.8) is 0 Å². The summed E-state index contributed by atoms with van der Waals surface area (Å²) in [5.41, 5.74) is -0.299. The fraction of sp³-hybridized carbons (Fsp3) is 0. The zero-order valence-corrected chi connectivity index (χ0v) is 13.0. The van der Waals surface area contributed by atoms with Crippen molar-refractivity contribution in [2.24, 2.45) is 0 Å². The molecule has 2 aromatic rings. The van der Waals surface area contributed by atoms with E-state index in [9.17, 15) is 14.5 Å². The predicted molar refractivity (Wildman–Crippen MR) is 80.0 cm³/mol. The molecule has 0 radical (unpaired) electrons. The van der Waals surface area contributed by atoms with E-state index in [1.54, 1.807) is 24.3 Å². The molecule has 2 rings (SSSR count). The summed E-state index contributed by atoms with van der Waals surface area (Å²) < 4.78 is 19.8. The summed E-state index contributed by atoms with van der Waals surface area (Å²) in [5.74, 6) is -0.344. The van der Waals surface area contributed by atoms with Gasteiger partial charge in [0.15, 0.2) is 0 Å². The van der Waals surface area contributed by atoms with E-state index in [1.165, 1.54) is 0 Å². The van der Waals surface area contributed by atoms with Crippen molar-refractivity contribution in [3.05, 3.63) is 60.4 Å². The number of nitro benzene ring substituents is 1. The van der Waals surface area contributed by atoms with Gasteiger partial charge in [0.2, 0.25) is 5.75 Å². The molecule has 0 aliphatic rings. The van der Waals surface area contributed by atoms with Crippen LogP contribution in [0.3, 0.4) is 0 Å². The second-order valence-electron chi connectivity index (χ2n) is 3.55. The molecule has 0 aromatic heterocycles. The average molecular weight is 438 g/mol. The van der Waals surface area contributed by atoms with Crippen molar-refractivity contribution in [1.82, 2.24) is 0 Å². The minimum Gasteiger partial charge on any atom is -0.450 e. The van der Waals surface area contributed by atoms with Crippen molar-refractivity contribution in [1.29, 1.82) is 0 Å². The molecule has 0 saturated heterocycles. The van der Waals surface area contributed by atoms with Crippen LogP contribution in [0, 0.1) is 19.5 Å². The molecule has 4 nitrogen and oxygen atoms in total. The van der Waals surface area contributed by atoms with Crippen LogP contribution < -0.4 is 4.74 Å². The Morgan fingerprint density at radius 2 is 1.89 bits per heavy atom. The molecule has 98 valence electrons. The first kappa shape index (κ1) is 14.2. The molecule has 0 amide bonds. The van der Waals surface area contributed by atoms with E-state index in [4.69, 9.17) is 4.74 Å². The minimum atomic E-state index is -0.619. The molecule has 7 heteroatoms. The van der Waals surface area contributed by atoms with Crippen molar-refractivity contribution < 1.29 is 14.1 Å². The Morgan fingerprint density at radius 3 is 2.47 bits per heavy atom. The number of halogens is 3. The number of benzene rings is 2. The highest BCUT2D eigenvalue weighted by Gasteiger charge is 2.19. The Labute approximate surface area is 130 Å². The number of hydrogen-bond acceptors (Lipinski definition) is 3. The number of hydrogen-bond donors (Lipinski definition) is 0. The van der Waals surface area contributed by atoms with Crippen LogP contribution in [0.25, 0.3) is 0 Å². The molecule has 0 fully saturated rings. The van der Waals surface area contributed by atoms with Crippen LogP contribution in [0.15, 0.2) is 40.9 Å². The fourth-order valence-electron chi connectivity index (χ4n) is 1.37. The van der Waals surface area contributed by atoms with Gasteiger partial charge in [-0.25, -0.2) is 4.39 Å². The van der Waals surface area contributed by atoms with Gasteiger partial charge in [-0.1, -0.05) is 0 Å². The normalized spacial score (nSPS) is 10.3. The molecule has 0 unspecified atom stereocenters. The quantitative estimate of drug-likeness (QED) is 0.390. The summed E-state index contributed by atoms with van der Waals surface area (Å²) in [5, 5.41) is 10.9. The molecule has 0 aliphatic heterocycles. The van der Waals surface area contributed by atoms with E-state index in [2.05, 4.69) is 38.5 Å². The van der Waals surface area contributed by atoms with Gasteiger partial charge in [0.1, 0.15) is 11.6 Å². The summed E-state index contributed by atoms with van der Waals surface area (Å²) in [7, 11) is 0. The van der Waals surface area contributed by atoms with Crippen LogP contribution >= 0.6 is 38.5 Å². The monoisotopic (exact) mass is 437 g/mol. The number of nitrogens with zero attached hydrogens (tertiary/aromatic N) is 1. The molecule has 2 aromatic carbocycles. The van der Waals surface area contributed by atoms with Gasteiger partial charge in [0.25, 0.3) is 0 Å². The predicted octanol–water partition coefficient (Wildman–Crippen LogP) is 4.89. The Morgan fingerprint density at radius 1 is 1.26 bits per heavy atom. The maximum Gasteiger partial charge on any atom is 0.312 e. The molecular weight excluding hydrogens is 432 g/mol. The third-order valence-corrected chi connectivity index (χ3v) is 3.57. The van der Waals surface area contributed by atoms with Crippen LogP contribution in [-0.4, -0.2) is 4.92 Å². The second kappa shape index (κ2) is 5.83. The molecule has 0 saturated carbocycles. The molecule has 0 N–H and O–H groups in total. The van der Waals surface area contributed by atoms with Crippen molar-refractivity contribution in [2.75, 3.05) is 0 Å². The molecule has 0 spiro atoms. The van der Waals surface area contributed by atoms with Gasteiger partial charge < -0.3 is 4.74 Å². The maximum absolute atomic E-state index is 13.4. The molecule has 19 heavy (non-hydrogen) atoms. The van der Waals surface area contributed by atoms with Crippen molar-refractivity contribution >= 4 is 44.2 Å². The zero-order chi connectivity index (χ0) is 14.0. The Bertz CT molecular complexity index is 634. The third kappa shape index (κ3) is 3.41. The SMILES string of the molecule is O=[N+]([O-])c1cc(Br)c(F)cc1Oc1ccc(I)cc1. The summed E-state index contributed by atoms with van der Waals surface area (Å²) in [6.45, 7) is 0. The standard InChI is InChI=1S/C12H6BrFINO3/c13-9-5-11(16(17)18)12(6-10(9)14)19-8-3-1-7(15)2-4-8/h1-6H. The molecule has 0 atom stereocenters. The van der Waals surface area contributed by atoms with Crippen molar-refractivity contribution in [3.8, 4) is 11.5 Å². The second-order valence-corrected chi connectivity index (χ2v) is 5.65. The van der Waals surface area contributed by atoms with Crippen LogP contribution in [0.5, 0.6) is 11.5 Å². The molecule has 0 aliphatic carbocycles. The Kier molecular flexibility index (Phi) is 4.35. The molecule has 0 heterocycles. The minimum absolute atomic E-state index is 0.0224. The van der Waals surface area contributed by atoms with E-state index in [0.717, 1.165) is 15.7 Å². The number of nitro groups is 1. The number of rotatable bonds is 3. The van der Waals surface area contributed by atoms with E-state index in [-0.39, 0.29) is 15.9 Å². The van der Waals surface area contributed by atoms with Crippen LogP contribution in [-0.2, 0) is 0 Å². The zero-order valence-electron chi connectivity index (χ0n) is 9.27. The first-order chi connectivity index (χ1) is 8.97. The summed E-state index contributed by atoms with van der Waals surface area (Å²) >= 11 is 5.03. The van der Waals surface area contributed by atoms with Crippen molar-refractivity contribution in [2.45, 2.75) is 0 Å². The summed E-state index contributed by atoms with van der Waals surface area (Å²) in [4.78, 5) is 10.3. The lowest BCUT2D eigenvalue weighted by Crippen LogP contribution is -1.95. The largest absolute Gasteiger partial charge is 0.450 e. The van der Waals surface area contributed by atoms with E-state index >= 15 is 0 Å².